The van der Waals surface area contributed by atoms with Crippen molar-refractivity contribution in [3.05, 3.63) is 62.0 Å². The zero-order chi connectivity index (χ0) is 23.3. The first-order valence-corrected chi connectivity index (χ1v) is 9.81. The quantitative estimate of drug-likeness (QED) is 0.201. The number of methoxy groups -OCH3 is 1. The van der Waals surface area contributed by atoms with Gasteiger partial charge >= 0.3 is 5.97 Å². The number of nitriles is 1. The molecule has 2 aromatic rings. The topological polar surface area (TPSA) is 126 Å². The second kappa shape index (κ2) is 10.1. The molecule has 1 aromatic heterocycles. The molecule has 0 saturated heterocycles. The van der Waals surface area contributed by atoms with Gasteiger partial charge in [0.1, 0.15) is 24.0 Å². The van der Waals surface area contributed by atoms with Gasteiger partial charge in [-0.05, 0) is 31.6 Å². The first kappa shape index (κ1) is 23.0. The van der Waals surface area contributed by atoms with Crippen LogP contribution in [0.5, 0.6) is 5.75 Å². The normalized spacial score (nSPS) is 13.1. The number of nitro groups is 1. The Balaban J connectivity index is 1.81. The van der Waals surface area contributed by atoms with E-state index in [0.717, 1.165) is 17.0 Å². The van der Waals surface area contributed by atoms with Crippen molar-refractivity contribution >= 4 is 17.7 Å². The van der Waals surface area contributed by atoms with E-state index >= 15 is 0 Å². The van der Waals surface area contributed by atoms with Crippen LogP contribution in [0, 0.1) is 35.3 Å². The first-order valence-electron chi connectivity index (χ1n) is 9.81. The number of aromatic nitrogens is 1. The largest absolute Gasteiger partial charge is 0.467 e. The smallest absolute Gasteiger partial charge is 0.349 e. The van der Waals surface area contributed by atoms with Gasteiger partial charge in [-0.1, -0.05) is 0 Å². The molecule has 0 atom stereocenters. The van der Waals surface area contributed by atoms with Gasteiger partial charge in [-0.3, -0.25) is 10.1 Å². The average molecular weight is 441 g/mol. The number of ether oxygens (including phenoxy) is 4. The second-order valence-corrected chi connectivity index (χ2v) is 7.18. The number of hydrogen-bond acceptors (Lipinski definition) is 8. The van der Waals surface area contributed by atoms with Crippen LogP contribution in [0.15, 0.2) is 23.8 Å². The third kappa shape index (κ3) is 4.96. The standard InChI is InChI=1S/C22H23N3O7/c1-14-6-16(15(2)24(14)4-5-29-3)7-17(10-23)22(26)31-12-19-9-20(25(27)28)8-18-11-30-13-32-21(18)19/h6-9H,4-5,11-13H2,1-3H3. The lowest BCUT2D eigenvalue weighted by molar-refractivity contribution is -0.385. The van der Waals surface area contributed by atoms with Crippen LogP contribution in [-0.4, -0.2) is 36.0 Å². The van der Waals surface area contributed by atoms with Gasteiger partial charge in [0.05, 0.1) is 18.1 Å². The molecule has 0 amide bonds. The Hall–Kier alpha value is -3.68. The van der Waals surface area contributed by atoms with Crippen LogP contribution in [0.1, 0.15) is 28.1 Å². The van der Waals surface area contributed by atoms with Crippen LogP contribution in [-0.2, 0) is 38.8 Å². The van der Waals surface area contributed by atoms with Crippen molar-refractivity contribution in [2.24, 2.45) is 0 Å². The van der Waals surface area contributed by atoms with Gasteiger partial charge in [-0.2, -0.15) is 5.26 Å². The lowest BCUT2D eigenvalue weighted by Crippen LogP contribution is -2.15. The molecule has 32 heavy (non-hydrogen) atoms. The minimum Gasteiger partial charge on any atom is -0.467 e. The van der Waals surface area contributed by atoms with Crippen LogP contribution in [0.25, 0.3) is 6.08 Å². The van der Waals surface area contributed by atoms with Gasteiger partial charge in [0, 0.05) is 48.3 Å². The van der Waals surface area contributed by atoms with Crippen LogP contribution in [0.3, 0.4) is 0 Å². The molecule has 0 N–H and O–H groups in total. The Bertz CT molecular complexity index is 1110. The maximum atomic E-state index is 12.6. The van der Waals surface area contributed by atoms with Gasteiger partial charge < -0.3 is 23.5 Å². The fourth-order valence-corrected chi connectivity index (χ4v) is 3.51. The summed E-state index contributed by atoms with van der Waals surface area (Å²) in [7, 11) is 1.62. The minimum absolute atomic E-state index is 0.00616. The predicted octanol–water partition coefficient (Wildman–Crippen LogP) is 3.18. The van der Waals surface area contributed by atoms with E-state index < -0.39 is 10.9 Å². The molecule has 0 saturated carbocycles. The molecule has 0 spiro atoms. The van der Waals surface area contributed by atoms with Crippen LogP contribution < -0.4 is 4.74 Å². The van der Waals surface area contributed by atoms with Gasteiger partial charge in [0.25, 0.3) is 5.69 Å². The van der Waals surface area contributed by atoms with E-state index in [9.17, 15) is 20.2 Å². The van der Waals surface area contributed by atoms with Crippen molar-refractivity contribution in [3.8, 4) is 11.8 Å². The summed E-state index contributed by atoms with van der Waals surface area (Å²) >= 11 is 0. The number of aryl methyl sites for hydroxylation is 1. The Morgan fingerprint density at radius 3 is 2.84 bits per heavy atom. The van der Waals surface area contributed by atoms with Gasteiger partial charge in [-0.15, -0.1) is 0 Å². The fraction of sp³-hybridized carbons (Fsp3) is 0.364. The molecular formula is C22H23N3O7. The summed E-state index contributed by atoms with van der Waals surface area (Å²) in [6.07, 6.45) is 1.47. The molecule has 10 heteroatoms. The van der Waals surface area contributed by atoms with E-state index in [1.807, 2.05) is 30.6 Å². The molecule has 1 aliphatic rings. The molecule has 0 radical (unpaired) electrons. The Morgan fingerprint density at radius 1 is 1.38 bits per heavy atom. The number of nitrogens with zero attached hydrogens (tertiary/aromatic N) is 3. The molecule has 0 bridgehead atoms. The molecule has 0 fully saturated rings. The molecule has 168 valence electrons. The van der Waals surface area contributed by atoms with Crippen molar-refractivity contribution < 1.29 is 28.7 Å². The molecule has 0 aliphatic carbocycles. The van der Waals surface area contributed by atoms with E-state index in [0.29, 0.717) is 30.0 Å². The summed E-state index contributed by atoms with van der Waals surface area (Å²) in [6, 6.07) is 6.40. The Kier molecular flexibility index (Phi) is 7.25. The Labute approximate surface area is 184 Å². The van der Waals surface area contributed by atoms with Crippen molar-refractivity contribution in [2.45, 2.75) is 33.6 Å². The monoisotopic (exact) mass is 441 g/mol. The van der Waals surface area contributed by atoms with Gasteiger partial charge in [0.15, 0.2) is 6.79 Å². The van der Waals surface area contributed by atoms with Crippen molar-refractivity contribution in [3.63, 3.8) is 0 Å². The average Bonchev–Trinajstić information content (AvgIpc) is 3.05. The maximum Gasteiger partial charge on any atom is 0.349 e. The lowest BCUT2D eigenvalue weighted by Gasteiger charge is -2.20. The number of nitro benzene ring substituents is 1. The van der Waals surface area contributed by atoms with Crippen molar-refractivity contribution in [2.75, 3.05) is 20.5 Å². The van der Waals surface area contributed by atoms with E-state index in [2.05, 4.69) is 0 Å². The highest BCUT2D eigenvalue weighted by molar-refractivity contribution is 5.98. The highest BCUT2D eigenvalue weighted by atomic mass is 16.7. The van der Waals surface area contributed by atoms with Gasteiger partial charge in [0.2, 0.25) is 0 Å². The van der Waals surface area contributed by atoms with E-state index in [1.165, 1.54) is 18.2 Å². The van der Waals surface area contributed by atoms with Crippen LogP contribution in [0.2, 0.25) is 0 Å². The number of non-ortho nitro benzene ring substituents is 1. The summed E-state index contributed by atoms with van der Waals surface area (Å²) in [5.41, 5.74) is 3.07. The first-order chi connectivity index (χ1) is 15.3. The highest BCUT2D eigenvalue weighted by Crippen LogP contribution is 2.33. The SMILES string of the molecule is COCCn1c(C)cc(C=C(C#N)C(=O)OCc2cc([N+](=O)[O-])cc3c2OCOC3)c1C. The number of hydrogen-bond donors (Lipinski definition) is 0. The molecule has 3 rings (SSSR count). The third-order valence-corrected chi connectivity index (χ3v) is 5.11. The van der Waals surface area contributed by atoms with Crippen molar-refractivity contribution in [1.29, 1.82) is 5.26 Å². The van der Waals surface area contributed by atoms with Crippen LogP contribution >= 0.6 is 0 Å². The Morgan fingerprint density at radius 2 is 2.16 bits per heavy atom. The summed E-state index contributed by atoms with van der Waals surface area (Å²) < 4.78 is 23.1. The molecular weight excluding hydrogens is 418 g/mol. The highest BCUT2D eigenvalue weighted by Gasteiger charge is 2.22. The van der Waals surface area contributed by atoms with E-state index in [4.69, 9.17) is 18.9 Å². The number of esters is 1. The van der Waals surface area contributed by atoms with Gasteiger partial charge in [-0.25, -0.2) is 4.79 Å². The molecule has 0 unspecified atom stereocenters. The maximum absolute atomic E-state index is 12.6. The molecule has 10 nitrogen and oxygen atoms in total. The third-order valence-electron chi connectivity index (χ3n) is 5.11. The predicted molar refractivity (Wildman–Crippen MR) is 113 cm³/mol. The zero-order valence-electron chi connectivity index (χ0n) is 18.0. The van der Waals surface area contributed by atoms with E-state index in [-0.39, 0.29) is 31.3 Å². The molecule has 1 aromatic carbocycles. The number of rotatable bonds is 8. The van der Waals surface area contributed by atoms with E-state index in [1.54, 1.807) is 7.11 Å². The second-order valence-electron chi connectivity index (χ2n) is 7.18. The number of benzene rings is 1. The number of carbonyl (C=O) groups is 1. The van der Waals surface area contributed by atoms with Crippen LogP contribution in [0.4, 0.5) is 5.69 Å². The zero-order valence-corrected chi connectivity index (χ0v) is 18.0. The molecule has 2 heterocycles. The summed E-state index contributed by atoms with van der Waals surface area (Å²) in [6.45, 7) is 4.87. The fourth-order valence-electron chi connectivity index (χ4n) is 3.51. The summed E-state index contributed by atoms with van der Waals surface area (Å²) in [5, 5.41) is 20.7. The number of fused-ring (bicyclic) bond motifs is 1. The summed E-state index contributed by atoms with van der Waals surface area (Å²) in [5.74, 6) is -0.444. The lowest BCUT2D eigenvalue weighted by atomic mass is 10.1. The van der Waals surface area contributed by atoms with Crippen molar-refractivity contribution in [1.82, 2.24) is 4.57 Å². The number of carbonyl (C=O) groups excluding carboxylic acids is 1. The summed E-state index contributed by atoms with van der Waals surface area (Å²) in [4.78, 5) is 23.2. The minimum atomic E-state index is -0.832. The molecule has 1 aliphatic heterocycles.